The van der Waals surface area contributed by atoms with E-state index in [0.717, 1.165) is 23.2 Å². The van der Waals surface area contributed by atoms with Crippen LogP contribution in [-0.2, 0) is 16.1 Å². The molecule has 0 saturated carbocycles. The summed E-state index contributed by atoms with van der Waals surface area (Å²) in [7, 11) is 1.61. The summed E-state index contributed by atoms with van der Waals surface area (Å²) in [6.07, 6.45) is 0.518. The number of aliphatic hydroxyl groups is 1. The molecule has 20 heavy (non-hydrogen) atoms. The lowest BCUT2D eigenvalue weighted by atomic mass is 10.1. The number of benzene rings is 1. The number of carbonyl (C=O) groups excluding carboxylic acids is 1. The molecule has 2 rings (SSSR count). The highest BCUT2D eigenvalue weighted by atomic mass is 16.5. The summed E-state index contributed by atoms with van der Waals surface area (Å²) in [5.74, 6) is 0.112. The first-order chi connectivity index (χ1) is 9.62. The molecule has 1 heterocycles. The Morgan fingerprint density at radius 3 is 2.75 bits per heavy atom. The fourth-order valence-electron chi connectivity index (χ4n) is 2.25. The van der Waals surface area contributed by atoms with Gasteiger partial charge in [0.1, 0.15) is 5.75 Å². The van der Waals surface area contributed by atoms with Gasteiger partial charge in [0.2, 0.25) is 0 Å². The van der Waals surface area contributed by atoms with Crippen LogP contribution in [0.2, 0.25) is 0 Å². The smallest absolute Gasteiger partial charge is 0.339 e. The molecule has 2 aromatic rings. The van der Waals surface area contributed by atoms with Gasteiger partial charge in [-0.15, -0.1) is 0 Å². The SMILES string of the molecule is CCOC(=O)C(O)c1cn(CC)c2cc(OC)ccc12. The van der Waals surface area contributed by atoms with Gasteiger partial charge in [-0.05, 0) is 26.0 Å². The Morgan fingerprint density at radius 2 is 2.15 bits per heavy atom. The average Bonchev–Trinajstić information content (AvgIpc) is 2.84. The molecule has 1 aromatic carbocycles. The molecule has 108 valence electrons. The third kappa shape index (κ3) is 2.49. The normalized spacial score (nSPS) is 12.4. The zero-order valence-electron chi connectivity index (χ0n) is 11.9. The Kier molecular flexibility index (Phi) is 4.29. The van der Waals surface area contributed by atoms with Gasteiger partial charge in [0, 0.05) is 29.8 Å². The predicted octanol–water partition coefficient (Wildman–Crippen LogP) is 2.27. The van der Waals surface area contributed by atoms with Crippen LogP contribution in [0.15, 0.2) is 24.4 Å². The number of ether oxygens (including phenoxy) is 2. The number of hydrogen-bond donors (Lipinski definition) is 1. The van der Waals surface area contributed by atoms with Crippen LogP contribution >= 0.6 is 0 Å². The van der Waals surface area contributed by atoms with Crippen molar-refractivity contribution in [3.63, 3.8) is 0 Å². The van der Waals surface area contributed by atoms with Crippen LogP contribution in [0.1, 0.15) is 25.5 Å². The van der Waals surface area contributed by atoms with Gasteiger partial charge in [-0.25, -0.2) is 4.79 Å². The van der Waals surface area contributed by atoms with E-state index in [0.29, 0.717) is 5.56 Å². The van der Waals surface area contributed by atoms with Crippen LogP contribution in [0, 0.1) is 0 Å². The van der Waals surface area contributed by atoms with Crippen LogP contribution in [-0.4, -0.2) is 29.4 Å². The fourth-order valence-corrected chi connectivity index (χ4v) is 2.25. The van der Waals surface area contributed by atoms with Crippen molar-refractivity contribution in [2.24, 2.45) is 0 Å². The Hall–Kier alpha value is -2.01. The number of fused-ring (bicyclic) bond motifs is 1. The van der Waals surface area contributed by atoms with Crippen molar-refractivity contribution in [2.75, 3.05) is 13.7 Å². The summed E-state index contributed by atoms with van der Waals surface area (Å²) in [6, 6.07) is 5.54. The maximum atomic E-state index is 11.7. The highest BCUT2D eigenvalue weighted by Crippen LogP contribution is 2.30. The number of hydrogen-bond acceptors (Lipinski definition) is 4. The first kappa shape index (κ1) is 14.4. The maximum Gasteiger partial charge on any atom is 0.339 e. The van der Waals surface area contributed by atoms with Gasteiger partial charge in [-0.3, -0.25) is 0 Å². The minimum atomic E-state index is -1.27. The number of rotatable bonds is 5. The van der Waals surface area contributed by atoms with Crippen molar-refractivity contribution in [1.82, 2.24) is 4.57 Å². The Morgan fingerprint density at radius 1 is 1.40 bits per heavy atom. The van der Waals surface area contributed by atoms with E-state index in [1.165, 1.54) is 0 Å². The van der Waals surface area contributed by atoms with Crippen molar-refractivity contribution in [1.29, 1.82) is 0 Å². The van der Waals surface area contributed by atoms with Gasteiger partial charge >= 0.3 is 5.97 Å². The molecular weight excluding hydrogens is 258 g/mol. The molecule has 0 aliphatic carbocycles. The van der Waals surface area contributed by atoms with Crippen molar-refractivity contribution < 1.29 is 19.4 Å². The number of nitrogens with zero attached hydrogens (tertiary/aromatic N) is 1. The molecule has 0 aliphatic rings. The standard InChI is InChI=1S/C15H19NO4/c1-4-16-9-12(14(17)15(18)20-5-2)11-7-6-10(19-3)8-13(11)16/h6-9,14,17H,4-5H2,1-3H3. The highest BCUT2D eigenvalue weighted by molar-refractivity contribution is 5.90. The van der Waals surface area contributed by atoms with E-state index in [1.54, 1.807) is 20.2 Å². The molecule has 0 radical (unpaired) electrons. The summed E-state index contributed by atoms with van der Waals surface area (Å²) in [5, 5.41) is 11.0. The maximum absolute atomic E-state index is 11.7. The van der Waals surface area contributed by atoms with Crippen LogP contribution < -0.4 is 4.74 Å². The number of aromatic nitrogens is 1. The molecule has 0 bridgehead atoms. The molecule has 0 saturated heterocycles. The van der Waals surface area contributed by atoms with Crippen LogP contribution in [0.4, 0.5) is 0 Å². The first-order valence-electron chi connectivity index (χ1n) is 6.63. The van der Waals surface area contributed by atoms with E-state index < -0.39 is 12.1 Å². The molecule has 5 heteroatoms. The predicted molar refractivity (Wildman–Crippen MR) is 75.8 cm³/mol. The second kappa shape index (κ2) is 5.96. The number of aliphatic hydroxyl groups excluding tert-OH is 1. The van der Waals surface area contributed by atoms with E-state index in [2.05, 4.69) is 0 Å². The third-order valence-electron chi connectivity index (χ3n) is 3.27. The highest BCUT2D eigenvalue weighted by Gasteiger charge is 2.23. The monoisotopic (exact) mass is 277 g/mol. The topological polar surface area (TPSA) is 60.7 Å². The minimum Gasteiger partial charge on any atom is -0.497 e. The molecule has 1 atom stereocenters. The Balaban J connectivity index is 2.51. The zero-order chi connectivity index (χ0) is 14.7. The third-order valence-corrected chi connectivity index (χ3v) is 3.27. The Labute approximate surface area is 117 Å². The van der Waals surface area contributed by atoms with Gasteiger partial charge in [0.15, 0.2) is 6.10 Å². The number of esters is 1. The van der Waals surface area contributed by atoms with Gasteiger partial charge in [-0.2, -0.15) is 0 Å². The summed E-state index contributed by atoms with van der Waals surface area (Å²) < 4.78 is 12.0. The fraction of sp³-hybridized carbons (Fsp3) is 0.400. The molecule has 1 aromatic heterocycles. The minimum absolute atomic E-state index is 0.246. The van der Waals surface area contributed by atoms with E-state index in [1.807, 2.05) is 29.7 Å². The molecule has 5 nitrogen and oxygen atoms in total. The molecule has 1 N–H and O–H groups in total. The average molecular weight is 277 g/mol. The van der Waals surface area contributed by atoms with Crippen molar-refractivity contribution >= 4 is 16.9 Å². The molecule has 0 fully saturated rings. The second-order valence-corrected chi connectivity index (χ2v) is 4.41. The molecule has 0 amide bonds. The van der Waals surface area contributed by atoms with Gasteiger partial charge in [-0.1, -0.05) is 0 Å². The summed E-state index contributed by atoms with van der Waals surface area (Å²) in [6.45, 7) is 4.69. The Bertz CT molecular complexity index is 618. The molecule has 1 unspecified atom stereocenters. The van der Waals surface area contributed by atoms with Crippen molar-refractivity contribution in [3.8, 4) is 5.75 Å². The lowest BCUT2D eigenvalue weighted by molar-refractivity contribution is -0.153. The lowest BCUT2D eigenvalue weighted by Crippen LogP contribution is -2.15. The zero-order valence-corrected chi connectivity index (χ0v) is 11.9. The van der Waals surface area contributed by atoms with Gasteiger partial charge < -0.3 is 19.1 Å². The molecular formula is C15H19NO4. The number of methoxy groups -OCH3 is 1. The second-order valence-electron chi connectivity index (χ2n) is 4.41. The summed E-state index contributed by atoms with van der Waals surface area (Å²) in [4.78, 5) is 11.7. The van der Waals surface area contributed by atoms with Crippen molar-refractivity contribution in [2.45, 2.75) is 26.5 Å². The quantitative estimate of drug-likeness (QED) is 0.852. The van der Waals surface area contributed by atoms with E-state index >= 15 is 0 Å². The van der Waals surface area contributed by atoms with E-state index in [-0.39, 0.29) is 6.61 Å². The van der Waals surface area contributed by atoms with Crippen molar-refractivity contribution in [3.05, 3.63) is 30.0 Å². The van der Waals surface area contributed by atoms with Gasteiger partial charge in [0.05, 0.1) is 19.2 Å². The van der Waals surface area contributed by atoms with E-state index in [9.17, 15) is 9.90 Å². The van der Waals surface area contributed by atoms with Crippen LogP contribution in [0.25, 0.3) is 10.9 Å². The van der Waals surface area contributed by atoms with Gasteiger partial charge in [0.25, 0.3) is 0 Å². The summed E-state index contributed by atoms with van der Waals surface area (Å²) >= 11 is 0. The number of aryl methyl sites for hydroxylation is 1. The van der Waals surface area contributed by atoms with E-state index in [4.69, 9.17) is 9.47 Å². The molecule has 0 aliphatic heterocycles. The largest absolute Gasteiger partial charge is 0.497 e. The van der Waals surface area contributed by atoms with Crippen LogP contribution in [0.3, 0.4) is 0 Å². The number of carbonyl (C=O) groups is 1. The molecule has 0 spiro atoms. The summed E-state index contributed by atoms with van der Waals surface area (Å²) in [5.41, 5.74) is 1.48. The first-order valence-corrected chi connectivity index (χ1v) is 6.63. The lowest BCUT2D eigenvalue weighted by Gasteiger charge is -2.08. The van der Waals surface area contributed by atoms with Crippen LogP contribution in [0.5, 0.6) is 5.75 Å².